The number of hydrogen-bond donors (Lipinski definition) is 2. The van der Waals surface area contributed by atoms with Crippen LogP contribution in [-0.2, 0) is 28.0 Å². The van der Waals surface area contributed by atoms with Gasteiger partial charge in [-0.15, -0.1) is 0 Å². The van der Waals surface area contributed by atoms with Crippen LogP contribution in [0.2, 0.25) is 0 Å². The number of imide groups is 1. The number of rotatable bonds is 7. The Balaban J connectivity index is 0.688. The molecule has 1 aromatic heterocycles. The van der Waals surface area contributed by atoms with Crippen molar-refractivity contribution in [2.24, 2.45) is 11.3 Å². The van der Waals surface area contributed by atoms with Gasteiger partial charge in [0.05, 0.1) is 37.5 Å². The van der Waals surface area contributed by atoms with Crippen LogP contribution in [0.4, 0.5) is 14.5 Å². The topological polar surface area (TPSA) is 114 Å². The highest BCUT2D eigenvalue weighted by Gasteiger charge is 2.50. The van der Waals surface area contributed by atoms with Gasteiger partial charge in [-0.1, -0.05) is 24.3 Å². The van der Waals surface area contributed by atoms with E-state index in [-0.39, 0.29) is 42.3 Å². The summed E-state index contributed by atoms with van der Waals surface area (Å²) in [6.07, 6.45) is 7.81. The SMILES string of the molecule is C[C@@H]1Cc2c(ccc3[nH]ncc23)[C@@H](c2ccc(N3CCC4(CC3)CC(CN3CCC5(CC3)COc3c5ccc5c3CN(C3CCC(=O)NC3=O)C5=O)C4)cc2)N1CC(F)F. The van der Waals surface area contributed by atoms with Gasteiger partial charge in [-0.3, -0.25) is 29.7 Å². The number of nitrogens with one attached hydrogen (secondary N) is 2. The van der Waals surface area contributed by atoms with Gasteiger partial charge in [-0.25, -0.2) is 8.78 Å². The van der Waals surface area contributed by atoms with Crippen LogP contribution in [-0.4, -0.2) is 107 Å². The second kappa shape index (κ2) is 14.4. The number of ether oxygens (including phenoxy) is 1. The van der Waals surface area contributed by atoms with Gasteiger partial charge in [0.1, 0.15) is 11.8 Å². The molecule has 11 rings (SSSR count). The zero-order valence-corrected chi connectivity index (χ0v) is 34.2. The van der Waals surface area contributed by atoms with E-state index in [1.165, 1.54) is 42.5 Å². The van der Waals surface area contributed by atoms with Crippen molar-refractivity contribution in [3.63, 3.8) is 0 Å². The van der Waals surface area contributed by atoms with Crippen molar-refractivity contribution >= 4 is 34.3 Å². The molecule has 7 aliphatic rings. The van der Waals surface area contributed by atoms with Crippen molar-refractivity contribution in [1.82, 2.24) is 30.2 Å². The Bertz CT molecular complexity index is 2360. The Morgan fingerprint density at radius 3 is 2.47 bits per heavy atom. The molecule has 4 aromatic rings. The van der Waals surface area contributed by atoms with E-state index in [2.05, 4.69) is 68.6 Å². The number of benzene rings is 3. The smallest absolute Gasteiger partial charge is 0.255 e. The first-order chi connectivity index (χ1) is 29.1. The second-order valence-electron chi connectivity index (χ2n) is 19.1. The molecule has 2 N–H and O–H groups in total. The fraction of sp³-hybridized carbons (Fsp3) is 0.532. The van der Waals surface area contributed by atoms with Gasteiger partial charge in [-0.2, -0.15) is 5.10 Å². The predicted octanol–water partition coefficient (Wildman–Crippen LogP) is 6.35. The summed E-state index contributed by atoms with van der Waals surface area (Å²) in [5, 5.41) is 10.8. The minimum absolute atomic E-state index is 0.0228. The number of H-pyrrole nitrogens is 1. The van der Waals surface area contributed by atoms with E-state index in [1.54, 1.807) is 4.90 Å². The lowest BCUT2D eigenvalue weighted by molar-refractivity contribution is -0.136. The first-order valence-corrected chi connectivity index (χ1v) is 22.1. The van der Waals surface area contributed by atoms with Gasteiger partial charge in [0.2, 0.25) is 11.8 Å². The van der Waals surface area contributed by atoms with E-state index in [4.69, 9.17) is 4.74 Å². The molecule has 2 spiro atoms. The van der Waals surface area contributed by atoms with Crippen molar-refractivity contribution in [2.45, 2.75) is 101 Å². The summed E-state index contributed by atoms with van der Waals surface area (Å²) in [5.41, 5.74) is 8.65. The minimum Gasteiger partial charge on any atom is -0.492 e. The van der Waals surface area contributed by atoms with Crippen LogP contribution in [0.25, 0.3) is 10.9 Å². The van der Waals surface area contributed by atoms with Crippen LogP contribution in [0, 0.1) is 11.3 Å². The number of nitrogens with zero attached hydrogens (tertiary/aromatic N) is 5. The maximum atomic E-state index is 13.9. The highest BCUT2D eigenvalue weighted by Crippen LogP contribution is 2.54. The molecule has 3 saturated heterocycles. The molecule has 4 fully saturated rings. The van der Waals surface area contributed by atoms with Crippen LogP contribution >= 0.6 is 0 Å². The van der Waals surface area contributed by atoms with E-state index in [0.717, 1.165) is 91.2 Å². The van der Waals surface area contributed by atoms with E-state index in [1.807, 2.05) is 23.2 Å². The van der Waals surface area contributed by atoms with Crippen LogP contribution < -0.4 is 15.0 Å². The van der Waals surface area contributed by atoms with Crippen molar-refractivity contribution in [2.75, 3.05) is 50.8 Å². The van der Waals surface area contributed by atoms with Crippen molar-refractivity contribution in [3.8, 4) is 5.75 Å². The fourth-order valence-corrected chi connectivity index (χ4v) is 12.5. The lowest BCUT2D eigenvalue weighted by Gasteiger charge is -2.54. The number of fused-ring (bicyclic) bond motifs is 7. The molecule has 1 unspecified atom stereocenters. The lowest BCUT2D eigenvalue weighted by atomic mass is 9.57. The predicted molar refractivity (Wildman–Crippen MR) is 222 cm³/mol. The number of carbonyl (C=O) groups excluding carboxylic acids is 3. The molecule has 0 bridgehead atoms. The Morgan fingerprint density at radius 1 is 0.933 bits per heavy atom. The molecule has 3 aromatic carbocycles. The number of piperidine rings is 3. The highest BCUT2D eigenvalue weighted by molar-refractivity contribution is 6.05. The van der Waals surface area contributed by atoms with Crippen LogP contribution in [0.15, 0.2) is 54.7 Å². The number of likely N-dealkylation sites (tertiary alicyclic amines) is 1. The number of anilines is 1. The van der Waals surface area contributed by atoms with E-state index in [0.29, 0.717) is 30.6 Å². The standard InChI is InChI=1S/C47H53F2N7O4/c1-28-20-34-32(7-9-38-35(34)23-50-52-38)42(55(28)26-40(48)49)30-2-4-31(5-3-30)54-18-12-46(13-19-54)21-29(22-46)24-53-16-14-47(15-17-53)27-60-43-36-25-56(39-10-11-41(57)51-44(39)58)45(59)33(36)6-8-37(43)47/h2-9,23,28-29,39-40,42H,10-22,24-27H2,1H3,(H,50,52)(H,51,57,58)/t28-,39?,42-/m1/s1. The number of aromatic nitrogens is 2. The number of amides is 3. The monoisotopic (exact) mass is 817 g/mol. The van der Waals surface area contributed by atoms with Crippen LogP contribution in [0.1, 0.15) is 103 Å². The minimum atomic E-state index is -2.40. The maximum Gasteiger partial charge on any atom is 0.255 e. The van der Waals surface area contributed by atoms with E-state index in [9.17, 15) is 23.2 Å². The van der Waals surface area contributed by atoms with Gasteiger partial charge in [-0.05, 0) is 124 Å². The summed E-state index contributed by atoms with van der Waals surface area (Å²) in [7, 11) is 0. The molecule has 1 aliphatic carbocycles. The van der Waals surface area contributed by atoms with Crippen molar-refractivity contribution < 1.29 is 27.9 Å². The Hall–Kier alpha value is -4.88. The summed E-state index contributed by atoms with van der Waals surface area (Å²) in [6.45, 7) is 8.07. The van der Waals surface area contributed by atoms with E-state index < -0.39 is 18.4 Å². The zero-order chi connectivity index (χ0) is 40.9. The quantitative estimate of drug-likeness (QED) is 0.208. The summed E-state index contributed by atoms with van der Waals surface area (Å²) < 4.78 is 34.3. The number of carbonyl (C=O) groups is 3. The Kier molecular flexibility index (Phi) is 9.11. The molecule has 314 valence electrons. The molecule has 7 heterocycles. The summed E-state index contributed by atoms with van der Waals surface area (Å²) >= 11 is 0. The highest BCUT2D eigenvalue weighted by atomic mass is 19.3. The normalized spacial score (nSPS) is 26.4. The largest absolute Gasteiger partial charge is 0.492 e. The molecular formula is C47H53F2N7O4. The van der Waals surface area contributed by atoms with Crippen LogP contribution in [0.5, 0.6) is 5.75 Å². The number of aromatic amines is 1. The van der Waals surface area contributed by atoms with Crippen molar-refractivity contribution in [3.05, 3.63) is 88.1 Å². The number of alkyl halides is 2. The number of halogens is 2. The average Bonchev–Trinajstić information content (AvgIpc) is 3.95. The van der Waals surface area contributed by atoms with Crippen molar-refractivity contribution in [1.29, 1.82) is 0 Å². The van der Waals surface area contributed by atoms with Gasteiger partial charge in [0, 0.05) is 65.3 Å². The molecule has 13 heteroatoms. The average molecular weight is 818 g/mol. The first kappa shape index (κ1) is 38.1. The third kappa shape index (κ3) is 6.24. The molecule has 3 atom stereocenters. The molecule has 11 nitrogen and oxygen atoms in total. The van der Waals surface area contributed by atoms with Crippen LogP contribution in [0.3, 0.4) is 0 Å². The maximum absolute atomic E-state index is 13.9. The van der Waals surface area contributed by atoms with Gasteiger partial charge >= 0.3 is 0 Å². The fourth-order valence-electron chi connectivity index (χ4n) is 12.5. The third-order valence-corrected chi connectivity index (χ3v) is 15.7. The molecule has 60 heavy (non-hydrogen) atoms. The summed E-state index contributed by atoms with van der Waals surface area (Å²) in [6, 6.07) is 16.0. The zero-order valence-electron chi connectivity index (χ0n) is 34.2. The third-order valence-electron chi connectivity index (χ3n) is 15.7. The molecule has 3 amide bonds. The lowest BCUT2D eigenvalue weighted by Crippen LogP contribution is -2.52. The molecule has 0 radical (unpaired) electrons. The second-order valence-corrected chi connectivity index (χ2v) is 19.1. The molecule has 1 saturated carbocycles. The molecule has 6 aliphatic heterocycles. The van der Waals surface area contributed by atoms with Gasteiger partial charge in [0.25, 0.3) is 12.3 Å². The van der Waals surface area contributed by atoms with Gasteiger partial charge in [0.15, 0.2) is 0 Å². The number of hydrogen-bond acceptors (Lipinski definition) is 8. The summed E-state index contributed by atoms with van der Waals surface area (Å²) in [5.74, 6) is 0.734. The Labute approximate surface area is 348 Å². The Morgan fingerprint density at radius 2 is 1.72 bits per heavy atom. The summed E-state index contributed by atoms with van der Waals surface area (Å²) in [4.78, 5) is 46.5. The van der Waals surface area contributed by atoms with E-state index >= 15 is 0 Å². The van der Waals surface area contributed by atoms with Gasteiger partial charge < -0.3 is 19.4 Å². The first-order valence-electron chi connectivity index (χ1n) is 22.1. The molecular weight excluding hydrogens is 765 g/mol.